The van der Waals surface area contributed by atoms with Crippen LogP contribution >= 0.6 is 0 Å². The number of hydrogen-bond acceptors (Lipinski definition) is 1. The highest BCUT2D eigenvalue weighted by Crippen LogP contribution is 2.50. The second-order valence-electron chi connectivity index (χ2n) is 17.6. The average Bonchev–Trinajstić information content (AvgIpc) is 3.44. The van der Waals surface area contributed by atoms with Gasteiger partial charge in [0.1, 0.15) is 0 Å². The molecule has 0 amide bonds. The molecule has 1 nitrogen and oxygen atoms in total. The minimum atomic E-state index is 1.07. The summed E-state index contributed by atoms with van der Waals surface area (Å²) < 4.78 is 0. The van der Waals surface area contributed by atoms with Crippen molar-refractivity contribution >= 4 is 38.6 Å². The highest BCUT2D eigenvalue weighted by Gasteiger charge is 2.24. The van der Waals surface area contributed by atoms with Crippen LogP contribution in [-0.4, -0.2) is 0 Å². The fourth-order valence-electron chi connectivity index (χ4n) is 10.2. The zero-order chi connectivity index (χ0) is 45.9. The molecule has 12 rings (SSSR count). The van der Waals surface area contributed by atoms with Crippen LogP contribution in [0.5, 0.6) is 0 Å². The Hall–Kier alpha value is -9.04. The van der Waals surface area contributed by atoms with Crippen molar-refractivity contribution < 1.29 is 0 Å². The van der Waals surface area contributed by atoms with Gasteiger partial charge in [-0.3, -0.25) is 0 Å². The average molecular weight is 878 g/mol. The summed E-state index contributed by atoms with van der Waals surface area (Å²) in [6, 6.07) is 104. The number of hydrogen-bond donors (Lipinski definition) is 0. The molecule has 0 N–H and O–H groups in total. The quantitative estimate of drug-likeness (QED) is 0.124. The van der Waals surface area contributed by atoms with Gasteiger partial charge in [-0.05, 0) is 125 Å². The minimum Gasteiger partial charge on any atom is -0.310 e. The molecule has 0 atom stereocenters. The topological polar surface area (TPSA) is 3.24 Å². The lowest BCUT2D eigenvalue weighted by molar-refractivity contribution is 1.30. The molecular formula is C68H47N. The predicted octanol–water partition coefficient (Wildman–Crippen LogP) is 19.1. The second-order valence-corrected chi connectivity index (χ2v) is 17.6. The van der Waals surface area contributed by atoms with E-state index in [2.05, 4.69) is 290 Å². The fraction of sp³-hybridized carbons (Fsp3) is 0. The van der Waals surface area contributed by atoms with Crippen molar-refractivity contribution in [1.29, 1.82) is 0 Å². The highest BCUT2D eigenvalue weighted by atomic mass is 15.1. The lowest BCUT2D eigenvalue weighted by atomic mass is 9.84. The smallest absolute Gasteiger partial charge is 0.0546 e. The van der Waals surface area contributed by atoms with E-state index in [0.29, 0.717) is 0 Å². The van der Waals surface area contributed by atoms with Crippen molar-refractivity contribution in [2.75, 3.05) is 4.90 Å². The summed E-state index contributed by atoms with van der Waals surface area (Å²) in [4.78, 5) is 2.46. The summed E-state index contributed by atoms with van der Waals surface area (Å²) >= 11 is 0. The van der Waals surface area contributed by atoms with Gasteiger partial charge in [0.15, 0.2) is 0 Å². The first-order valence-electron chi connectivity index (χ1n) is 23.7. The molecule has 0 heterocycles. The Labute approximate surface area is 404 Å². The standard InChI is InChI=1S/C68H47N/c1-6-19-48(20-7-1)50-33-35-51(36-34-50)52-37-42-58(43-38-52)69(59-44-39-54(40-45-59)60-46-41-57(49-21-8-2-9-22-49)47-64(60)53-23-10-3-11-24-53)65-32-18-31-63-61-29-16-17-30-62(61)66(55-25-12-4-13-26-55)67(68(63)65)56-27-14-5-15-28-56/h1-47H. The molecule has 0 aliphatic rings. The van der Waals surface area contributed by atoms with Gasteiger partial charge < -0.3 is 4.90 Å². The Morgan fingerprint density at radius 1 is 0.203 bits per heavy atom. The number of fused-ring (bicyclic) bond motifs is 3. The van der Waals surface area contributed by atoms with Gasteiger partial charge in [-0.15, -0.1) is 0 Å². The first-order chi connectivity index (χ1) is 34.2. The van der Waals surface area contributed by atoms with E-state index in [-0.39, 0.29) is 0 Å². The van der Waals surface area contributed by atoms with Gasteiger partial charge in [-0.1, -0.05) is 249 Å². The molecule has 0 saturated carbocycles. The van der Waals surface area contributed by atoms with Crippen LogP contribution in [0.4, 0.5) is 17.1 Å². The summed E-state index contributed by atoms with van der Waals surface area (Å²) in [5.74, 6) is 0. The van der Waals surface area contributed by atoms with E-state index in [1.165, 1.54) is 93.9 Å². The maximum Gasteiger partial charge on any atom is 0.0546 e. The Bertz CT molecular complexity index is 3700. The molecule has 0 aliphatic carbocycles. The largest absolute Gasteiger partial charge is 0.310 e. The molecule has 69 heavy (non-hydrogen) atoms. The molecule has 0 radical (unpaired) electrons. The van der Waals surface area contributed by atoms with Crippen molar-refractivity contribution in [3.8, 4) is 77.9 Å². The van der Waals surface area contributed by atoms with E-state index in [4.69, 9.17) is 0 Å². The maximum atomic E-state index is 2.46. The third-order valence-electron chi connectivity index (χ3n) is 13.5. The SMILES string of the molecule is c1ccc(-c2ccc(-c3ccc(N(c4ccc(-c5ccc(-c6ccccc6)cc5-c5ccccc5)cc4)c4cccc5c4c(-c4ccccc4)c(-c4ccccc4)c4ccccc45)cc3)cc2)cc1. The summed E-state index contributed by atoms with van der Waals surface area (Å²) in [5.41, 5.74) is 20.0. The van der Waals surface area contributed by atoms with Crippen LogP contribution in [0, 0.1) is 0 Å². The molecule has 1 heteroatoms. The van der Waals surface area contributed by atoms with Crippen molar-refractivity contribution in [1.82, 2.24) is 0 Å². The number of rotatable bonds is 10. The van der Waals surface area contributed by atoms with Gasteiger partial charge in [-0.2, -0.15) is 0 Å². The zero-order valence-corrected chi connectivity index (χ0v) is 38.1. The summed E-state index contributed by atoms with van der Waals surface area (Å²) in [5, 5.41) is 4.88. The number of benzene rings is 12. The summed E-state index contributed by atoms with van der Waals surface area (Å²) in [6.45, 7) is 0. The Morgan fingerprint density at radius 3 is 1.10 bits per heavy atom. The van der Waals surface area contributed by atoms with Crippen LogP contribution in [0.2, 0.25) is 0 Å². The van der Waals surface area contributed by atoms with Crippen LogP contribution in [0.3, 0.4) is 0 Å². The zero-order valence-electron chi connectivity index (χ0n) is 38.1. The Balaban J connectivity index is 1.06. The Kier molecular flexibility index (Phi) is 11.0. The van der Waals surface area contributed by atoms with Crippen molar-refractivity contribution in [2.45, 2.75) is 0 Å². The molecular weight excluding hydrogens is 831 g/mol. The maximum absolute atomic E-state index is 2.46. The van der Waals surface area contributed by atoms with Crippen molar-refractivity contribution in [3.63, 3.8) is 0 Å². The van der Waals surface area contributed by atoms with E-state index < -0.39 is 0 Å². The third kappa shape index (κ3) is 7.97. The van der Waals surface area contributed by atoms with Crippen LogP contribution in [-0.2, 0) is 0 Å². The van der Waals surface area contributed by atoms with Gasteiger partial charge in [0.25, 0.3) is 0 Å². The van der Waals surface area contributed by atoms with Gasteiger partial charge in [0.05, 0.1) is 5.69 Å². The molecule has 0 bridgehead atoms. The molecule has 0 saturated heterocycles. The number of nitrogens with zero attached hydrogens (tertiary/aromatic N) is 1. The van der Waals surface area contributed by atoms with E-state index in [0.717, 1.165) is 22.6 Å². The molecule has 12 aromatic rings. The lowest BCUT2D eigenvalue weighted by Gasteiger charge is -2.29. The van der Waals surface area contributed by atoms with Crippen LogP contribution in [0.15, 0.2) is 285 Å². The van der Waals surface area contributed by atoms with E-state index >= 15 is 0 Å². The molecule has 12 aromatic carbocycles. The van der Waals surface area contributed by atoms with Gasteiger partial charge in [-0.25, -0.2) is 0 Å². The van der Waals surface area contributed by atoms with E-state index in [1.807, 2.05) is 0 Å². The lowest BCUT2D eigenvalue weighted by Crippen LogP contribution is -2.11. The first kappa shape index (κ1) is 41.4. The van der Waals surface area contributed by atoms with Crippen LogP contribution in [0.25, 0.3) is 99.4 Å². The second kappa shape index (κ2) is 18.3. The molecule has 0 aliphatic heterocycles. The summed E-state index contributed by atoms with van der Waals surface area (Å²) in [6.07, 6.45) is 0. The number of anilines is 3. The molecule has 324 valence electrons. The third-order valence-corrected chi connectivity index (χ3v) is 13.5. The molecule has 0 unspecified atom stereocenters. The normalized spacial score (nSPS) is 11.2. The van der Waals surface area contributed by atoms with Crippen molar-refractivity contribution in [3.05, 3.63) is 285 Å². The highest BCUT2D eigenvalue weighted by molar-refractivity contribution is 6.25. The van der Waals surface area contributed by atoms with Gasteiger partial charge >= 0.3 is 0 Å². The monoisotopic (exact) mass is 877 g/mol. The van der Waals surface area contributed by atoms with E-state index in [9.17, 15) is 0 Å². The molecule has 0 aromatic heterocycles. The van der Waals surface area contributed by atoms with Gasteiger partial charge in [0, 0.05) is 22.3 Å². The predicted molar refractivity (Wildman–Crippen MR) is 294 cm³/mol. The van der Waals surface area contributed by atoms with Gasteiger partial charge in [0.2, 0.25) is 0 Å². The first-order valence-corrected chi connectivity index (χ1v) is 23.7. The molecule has 0 fully saturated rings. The fourth-order valence-corrected chi connectivity index (χ4v) is 10.2. The van der Waals surface area contributed by atoms with Crippen LogP contribution in [0.1, 0.15) is 0 Å². The summed E-state index contributed by atoms with van der Waals surface area (Å²) in [7, 11) is 0. The Morgan fingerprint density at radius 2 is 0.565 bits per heavy atom. The minimum absolute atomic E-state index is 1.07. The van der Waals surface area contributed by atoms with Crippen LogP contribution < -0.4 is 4.90 Å². The molecule has 0 spiro atoms. The van der Waals surface area contributed by atoms with E-state index in [1.54, 1.807) is 0 Å². The van der Waals surface area contributed by atoms with Crippen molar-refractivity contribution in [2.24, 2.45) is 0 Å².